The molecule has 36 heavy (non-hydrogen) atoms. The van der Waals surface area contributed by atoms with Crippen molar-refractivity contribution in [2.24, 2.45) is 11.8 Å². The van der Waals surface area contributed by atoms with Crippen LogP contribution in [0.15, 0.2) is 58.5 Å². The predicted octanol–water partition coefficient (Wildman–Crippen LogP) is 4.93. The zero-order valence-corrected chi connectivity index (χ0v) is 21.1. The quantitative estimate of drug-likeness (QED) is 0.344. The van der Waals surface area contributed by atoms with E-state index in [1.165, 1.54) is 17.8 Å². The topological polar surface area (TPSA) is 73.2 Å². The van der Waals surface area contributed by atoms with Crippen LogP contribution in [-0.4, -0.2) is 34.7 Å². The highest BCUT2D eigenvalue weighted by Gasteiger charge is 2.28. The molecule has 3 aromatic rings. The lowest BCUT2D eigenvalue weighted by Crippen LogP contribution is -2.38. The number of fused-ring (bicyclic) bond motifs is 1. The maximum absolute atomic E-state index is 14.2. The highest BCUT2D eigenvalue weighted by Crippen LogP contribution is 2.31. The summed E-state index contributed by atoms with van der Waals surface area (Å²) in [4.78, 5) is 30.9. The molecule has 190 valence electrons. The number of hydrogen-bond donors (Lipinski definition) is 1. The third-order valence-corrected chi connectivity index (χ3v) is 8.35. The Balaban J connectivity index is 1.26. The zero-order chi connectivity index (χ0) is 24.9. The summed E-state index contributed by atoms with van der Waals surface area (Å²) >= 11 is 1.39. The number of aromatic nitrogens is 2. The normalized spacial score (nSPS) is 22.1. The average molecular weight is 510 g/mol. The summed E-state index contributed by atoms with van der Waals surface area (Å²) in [5.74, 6) is 0.574. The van der Waals surface area contributed by atoms with Crippen LogP contribution >= 0.6 is 11.8 Å². The molecule has 1 N–H and O–H groups in total. The van der Waals surface area contributed by atoms with Crippen molar-refractivity contribution in [2.45, 2.75) is 62.1 Å². The molecule has 2 aromatic carbocycles. The molecule has 1 atom stereocenters. The number of carbonyl (C=O) groups is 1. The van der Waals surface area contributed by atoms with E-state index in [0.717, 1.165) is 45.1 Å². The van der Waals surface area contributed by atoms with Crippen molar-refractivity contribution in [3.63, 3.8) is 0 Å². The molecule has 8 heteroatoms. The van der Waals surface area contributed by atoms with Crippen LogP contribution in [0.5, 0.6) is 0 Å². The molecule has 1 aliphatic carbocycles. The van der Waals surface area contributed by atoms with Crippen molar-refractivity contribution in [1.29, 1.82) is 0 Å². The molecule has 0 radical (unpaired) electrons. The molecule has 1 unspecified atom stereocenters. The zero-order valence-electron chi connectivity index (χ0n) is 20.3. The first kappa shape index (κ1) is 25.0. The van der Waals surface area contributed by atoms with Gasteiger partial charge < -0.3 is 10.1 Å². The maximum Gasteiger partial charge on any atom is 0.262 e. The van der Waals surface area contributed by atoms with Crippen molar-refractivity contribution in [3.05, 3.63) is 70.3 Å². The molecule has 0 bridgehead atoms. The van der Waals surface area contributed by atoms with Crippen LogP contribution in [0.4, 0.5) is 4.39 Å². The lowest BCUT2D eigenvalue weighted by atomic mass is 9.81. The maximum atomic E-state index is 14.2. The van der Waals surface area contributed by atoms with Gasteiger partial charge in [0.25, 0.3) is 5.56 Å². The Morgan fingerprint density at radius 3 is 2.64 bits per heavy atom. The number of benzene rings is 2. The van der Waals surface area contributed by atoms with E-state index < -0.39 is 0 Å². The number of amides is 1. The molecule has 1 aromatic heterocycles. The van der Waals surface area contributed by atoms with E-state index in [1.54, 1.807) is 16.7 Å². The molecule has 0 spiro atoms. The summed E-state index contributed by atoms with van der Waals surface area (Å²) in [6.45, 7) is 1.94. The number of nitrogens with zero attached hydrogens (tertiary/aromatic N) is 2. The van der Waals surface area contributed by atoms with Crippen LogP contribution in [0.1, 0.15) is 44.1 Å². The average Bonchev–Trinajstić information content (AvgIpc) is 3.43. The molecular formula is C28H32FN3O3S. The fourth-order valence-electron chi connectivity index (χ4n) is 5.21. The fraction of sp³-hybridized carbons (Fsp3) is 0.464. The summed E-state index contributed by atoms with van der Waals surface area (Å²) < 4.78 is 21.6. The first-order valence-electron chi connectivity index (χ1n) is 12.8. The molecular weight excluding hydrogens is 477 g/mol. The summed E-state index contributed by atoms with van der Waals surface area (Å²) in [6, 6.07) is 14.1. The minimum atomic E-state index is -0.254. The Kier molecular flexibility index (Phi) is 8.02. The van der Waals surface area contributed by atoms with Crippen LogP contribution in [0.3, 0.4) is 0 Å². The van der Waals surface area contributed by atoms with E-state index in [9.17, 15) is 14.0 Å². The molecule has 2 fully saturated rings. The fourth-order valence-corrected chi connectivity index (χ4v) is 6.20. The van der Waals surface area contributed by atoms with Gasteiger partial charge in [-0.05, 0) is 68.2 Å². The van der Waals surface area contributed by atoms with Gasteiger partial charge in [-0.3, -0.25) is 14.2 Å². The van der Waals surface area contributed by atoms with Crippen molar-refractivity contribution in [1.82, 2.24) is 14.9 Å². The van der Waals surface area contributed by atoms with E-state index >= 15 is 0 Å². The standard InChI is InChI=1S/C28H32FN3O3S/c29-24-9-3-1-6-21(24)18-36-28-31-25-10-4-2-8-23(25)27(34)32(28)17-19-11-13-20(14-12-19)26(33)30-16-22-7-5-15-35-22/h1-4,6,8-10,19-20,22H,5,7,11-18H2,(H,30,33). The minimum absolute atomic E-state index is 0.0176. The highest BCUT2D eigenvalue weighted by atomic mass is 32.2. The van der Waals surface area contributed by atoms with Crippen LogP contribution in [0.25, 0.3) is 10.9 Å². The summed E-state index contributed by atoms with van der Waals surface area (Å²) in [7, 11) is 0. The SMILES string of the molecule is O=C(NCC1CCCO1)C1CCC(Cn2c(SCc3ccccc3F)nc3ccccc3c2=O)CC1. The minimum Gasteiger partial charge on any atom is -0.376 e. The van der Waals surface area contributed by atoms with Gasteiger partial charge in [0.2, 0.25) is 5.91 Å². The molecule has 1 aliphatic heterocycles. The third-order valence-electron chi connectivity index (χ3n) is 7.33. The van der Waals surface area contributed by atoms with Gasteiger partial charge in [0, 0.05) is 31.4 Å². The van der Waals surface area contributed by atoms with E-state index in [0.29, 0.717) is 46.4 Å². The van der Waals surface area contributed by atoms with E-state index in [-0.39, 0.29) is 29.3 Å². The Labute approximate surface area is 214 Å². The summed E-state index contributed by atoms with van der Waals surface area (Å²) in [5.41, 5.74) is 1.18. The van der Waals surface area contributed by atoms with Crippen molar-refractivity contribution in [2.75, 3.05) is 13.2 Å². The first-order chi connectivity index (χ1) is 17.6. The van der Waals surface area contributed by atoms with Crippen LogP contribution in [0.2, 0.25) is 0 Å². The molecule has 1 saturated heterocycles. The second-order valence-corrected chi connectivity index (χ2v) is 10.7. The van der Waals surface area contributed by atoms with Crippen LogP contribution in [0, 0.1) is 17.7 Å². The summed E-state index contributed by atoms with van der Waals surface area (Å²) in [6.07, 6.45) is 5.63. The van der Waals surface area contributed by atoms with Gasteiger partial charge in [-0.1, -0.05) is 42.1 Å². The first-order valence-corrected chi connectivity index (χ1v) is 13.8. The van der Waals surface area contributed by atoms with Gasteiger partial charge in [0.15, 0.2) is 5.16 Å². The van der Waals surface area contributed by atoms with Crippen molar-refractivity contribution in [3.8, 4) is 0 Å². The largest absolute Gasteiger partial charge is 0.376 e. The van der Waals surface area contributed by atoms with Gasteiger partial charge in [-0.2, -0.15) is 0 Å². The molecule has 1 saturated carbocycles. The van der Waals surface area contributed by atoms with E-state index in [4.69, 9.17) is 9.72 Å². The third kappa shape index (κ3) is 5.81. The number of rotatable bonds is 8. The summed E-state index contributed by atoms with van der Waals surface area (Å²) in [5, 5.41) is 4.27. The van der Waals surface area contributed by atoms with Crippen LogP contribution in [-0.2, 0) is 21.8 Å². The monoisotopic (exact) mass is 509 g/mol. The van der Waals surface area contributed by atoms with Crippen molar-refractivity contribution < 1.29 is 13.9 Å². The van der Waals surface area contributed by atoms with Gasteiger partial charge in [-0.15, -0.1) is 0 Å². The number of carbonyl (C=O) groups excluding carboxylic acids is 1. The lowest BCUT2D eigenvalue weighted by molar-refractivity contribution is -0.126. The Morgan fingerprint density at radius 1 is 1.08 bits per heavy atom. The smallest absolute Gasteiger partial charge is 0.262 e. The van der Waals surface area contributed by atoms with Gasteiger partial charge in [0.05, 0.1) is 17.0 Å². The second-order valence-electron chi connectivity index (χ2n) is 9.81. The van der Waals surface area contributed by atoms with Gasteiger partial charge in [0.1, 0.15) is 5.82 Å². The van der Waals surface area contributed by atoms with Gasteiger partial charge >= 0.3 is 0 Å². The molecule has 1 amide bonds. The molecule has 2 aliphatic rings. The molecule has 2 heterocycles. The van der Waals surface area contributed by atoms with E-state index in [2.05, 4.69) is 5.32 Å². The Bertz CT molecular complexity index is 1270. The molecule has 6 nitrogen and oxygen atoms in total. The van der Waals surface area contributed by atoms with Gasteiger partial charge in [-0.25, -0.2) is 9.37 Å². The van der Waals surface area contributed by atoms with Crippen molar-refractivity contribution >= 4 is 28.6 Å². The second kappa shape index (κ2) is 11.6. The number of hydrogen-bond acceptors (Lipinski definition) is 5. The Morgan fingerprint density at radius 2 is 1.86 bits per heavy atom. The number of para-hydroxylation sites is 1. The lowest BCUT2D eigenvalue weighted by Gasteiger charge is -2.29. The Hall–Kier alpha value is -2.71. The number of halogens is 1. The highest BCUT2D eigenvalue weighted by molar-refractivity contribution is 7.98. The van der Waals surface area contributed by atoms with E-state index in [1.807, 2.05) is 30.3 Å². The number of thioether (sulfide) groups is 1. The predicted molar refractivity (Wildman–Crippen MR) is 139 cm³/mol. The van der Waals surface area contributed by atoms with Crippen LogP contribution < -0.4 is 10.9 Å². The number of nitrogens with one attached hydrogen (secondary N) is 1. The molecule has 5 rings (SSSR count). The number of ether oxygens (including phenoxy) is 1.